The van der Waals surface area contributed by atoms with Crippen LogP contribution in [0, 0.1) is 0 Å². The van der Waals surface area contributed by atoms with Crippen LogP contribution in [0.3, 0.4) is 0 Å². The van der Waals surface area contributed by atoms with E-state index in [1.807, 2.05) is 19.0 Å². The second kappa shape index (κ2) is 9.11. The minimum atomic E-state index is -0.494. The highest BCUT2D eigenvalue weighted by Gasteiger charge is 2.28. The number of nitrogens with zero attached hydrogens (tertiary/aromatic N) is 5. The van der Waals surface area contributed by atoms with Crippen LogP contribution in [0.15, 0.2) is 54.9 Å². The van der Waals surface area contributed by atoms with Crippen molar-refractivity contribution in [3.8, 4) is 11.3 Å². The minimum Gasteiger partial charge on any atom is -0.382 e. The summed E-state index contributed by atoms with van der Waals surface area (Å²) in [5.74, 6) is -0.0598. The van der Waals surface area contributed by atoms with Gasteiger partial charge in [-0.3, -0.25) is 9.59 Å². The van der Waals surface area contributed by atoms with E-state index in [0.29, 0.717) is 23.1 Å². The molecule has 1 aliphatic heterocycles. The Labute approximate surface area is 186 Å². The van der Waals surface area contributed by atoms with Crippen LogP contribution in [-0.2, 0) is 0 Å². The number of carbonyl (C=O) groups excluding carboxylic acids is 2. The van der Waals surface area contributed by atoms with Gasteiger partial charge in [-0.2, -0.15) is 0 Å². The number of nitrogens with one attached hydrogen (secondary N) is 1. The first-order valence-corrected chi connectivity index (χ1v) is 10.3. The summed E-state index contributed by atoms with van der Waals surface area (Å²) in [7, 11) is 4.07. The van der Waals surface area contributed by atoms with Crippen molar-refractivity contribution in [3.05, 3.63) is 66.1 Å². The van der Waals surface area contributed by atoms with Crippen molar-refractivity contribution in [2.45, 2.75) is 12.5 Å². The number of likely N-dealkylation sites (N-methyl/N-ethyl adjacent to an activating group) is 1. The second-order valence-electron chi connectivity index (χ2n) is 7.89. The first kappa shape index (κ1) is 21.4. The van der Waals surface area contributed by atoms with Gasteiger partial charge >= 0.3 is 0 Å². The molecule has 0 bridgehead atoms. The maximum absolute atomic E-state index is 12.8. The Balaban J connectivity index is 1.50. The normalized spacial score (nSPS) is 15.7. The molecule has 9 nitrogen and oxygen atoms in total. The summed E-state index contributed by atoms with van der Waals surface area (Å²) in [5.41, 5.74) is 7.72. The Kier molecular flexibility index (Phi) is 6.09. The summed E-state index contributed by atoms with van der Waals surface area (Å²) in [6.45, 7) is 1.48. The van der Waals surface area contributed by atoms with E-state index in [-0.39, 0.29) is 17.4 Å². The Morgan fingerprint density at radius 3 is 2.56 bits per heavy atom. The van der Waals surface area contributed by atoms with Gasteiger partial charge in [0, 0.05) is 36.5 Å². The summed E-state index contributed by atoms with van der Waals surface area (Å²) < 4.78 is 0. The lowest BCUT2D eigenvalue weighted by Crippen LogP contribution is -2.34. The van der Waals surface area contributed by atoms with Gasteiger partial charge in [-0.15, -0.1) is 0 Å². The van der Waals surface area contributed by atoms with Gasteiger partial charge in [0.15, 0.2) is 11.5 Å². The van der Waals surface area contributed by atoms with Crippen molar-refractivity contribution in [3.63, 3.8) is 0 Å². The standard InChI is InChI=1S/C23H25N7O2/c1-29(2)17-10-12-30(14-17)23(32)16-8-6-15(7-9-16)18-13-26-21(24)20(27-18)22(31)28-19-5-3-4-11-25-19/h3-9,11,13,17H,10,12,14H2,1-2H3,(H2,24,26)(H,25,28,31). The topological polar surface area (TPSA) is 117 Å². The van der Waals surface area contributed by atoms with E-state index in [2.05, 4.69) is 25.2 Å². The number of hydrogen-bond acceptors (Lipinski definition) is 7. The van der Waals surface area contributed by atoms with Crippen molar-refractivity contribution in [2.75, 3.05) is 38.2 Å². The molecule has 0 spiro atoms. The predicted molar refractivity (Wildman–Crippen MR) is 122 cm³/mol. The third-order valence-electron chi connectivity index (χ3n) is 5.53. The molecule has 0 radical (unpaired) electrons. The molecule has 1 aliphatic rings. The first-order chi connectivity index (χ1) is 15.4. The number of nitrogens with two attached hydrogens (primary N) is 1. The van der Waals surface area contributed by atoms with Crippen LogP contribution in [0.1, 0.15) is 27.3 Å². The van der Waals surface area contributed by atoms with E-state index in [0.717, 1.165) is 25.1 Å². The van der Waals surface area contributed by atoms with Gasteiger partial charge in [0.1, 0.15) is 5.82 Å². The summed E-state index contributed by atoms with van der Waals surface area (Å²) in [4.78, 5) is 42.0. The fourth-order valence-electron chi connectivity index (χ4n) is 3.63. The molecule has 0 aliphatic carbocycles. The largest absolute Gasteiger partial charge is 0.382 e. The zero-order valence-electron chi connectivity index (χ0n) is 18.0. The lowest BCUT2D eigenvalue weighted by atomic mass is 10.1. The SMILES string of the molecule is CN(C)C1CCN(C(=O)c2ccc(-c3cnc(N)c(C(=O)Nc4ccccn4)n3)cc2)C1. The highest BCUT2D eigenvalue weighted by atomic mass is 16.2. The molecule has 1 saturated heterocycles. The number of nitrogen functional groups attached to an aromatic ring is 1. The summed E-state index contributed by atoms with van der Waals surface area (Å²) in [6.07, 6.45) is 4.06. The second-order valence-corrected chi connectivity index (χ2v) is 7.89. The molecular weight excluding hydrogens is 406 g/mol. The molecule has 0 saturated carbocycles. The van der Waals surface area contributed by atoms with E-state index in [4.69, 9.17) is 5.73 Å². The zero-order valence-corrected chi connectivity index (χ0v) is 18.0. The van der Waals surface area contributed by atoms with Crippen LogP contribution in [-0.4, -0.2) is 69.8 Å². The number of hydrogen-bond donors (Lipinski definition) is 2. The van der Waals surface area contributed by atoms with Gasteiger partial charge in [0.25, 0.3) is 11.8 Å². The molecule has 1 aromatic carbocycles. The molecule has 2 aromatic heterocycles. The minimum absolute atomic E-state index is 0.0136. The number of carbonyl (C=O) groups is 2. The lowest BCUT2D eigenvalue weighted by molar-refractivity contribution is 0.0783. The van der Waals surface area contributed by atoms with E-state index in [9.17, 15) is 9.59 Å². The Morgan fingerprint density at radius 2 is 1.91 bits per heavy atom. The number of benzene rings is 1. The molecule has 9 heteroatoms. The Bertz CT molecular complexity index is 1120. The summed E-state index contributed by atoms with van der Waals surface area (Å²) in [5, 5.41) is 2.66. The van der Waals surface area contributed by atoms with Crippen LogP contribution in [0.4, 0.5) is 11.6 Å². The smallest absolute Gasteiger partial charge is 0.279 e. The van der Waals surface area contributed by atoms with Crippen molar-refractivity contribution in [1.29, 1.82) is 0 Å². The van der Waals surface area contributed by atoms with Crippen molar-refractivity contribution < 1.29 is 9.59 Å². The molecule has 32 heavy (non-hydrogen) atoms. The number of anilines is 2. The number of pyridine rings is 1. The average molecular weight is 432 g/mol. The first-order valence-electron chi connectivity index (χ1n) is 10.3. The third kappa shape index (κ3) is 4.57. The fourth-order valence-corrected chi connectivity index (χ4v) is 3.63. The van der Waals surface area contributed by atoms with Gasteiger partial charge in [-0.25, -0.2) is 15.0 Å². The molecule has 1 unspecified atom stereocenters. The Hall–Kier alpha value is -3.85. The van der Waals surface area contributed by atoms with Crippen molar-refractivity contribution >= 4 is 23.5 Å². The summed E-state index contributed by atoms with van der Waals surface area (Å²) >= 11 is 0. The fraction of sp³-hybridized carbons (Fsp3) is 0.261. The van der Waals surface area contributed by atoms with Gasteiger partial charge in [-0.05, 0) is 44.8 Å². The number of amides is 2. The molecular formula is C23H25N7O2. The number of likely N-dealkylation sites (tertiary alicyclic amines) is 1. The molecule has 1 fully saturated rings. The van der Waals surface area contributed by atoms with Crippen LogP contribution in [0.25, 0.3) is 11.3 Å². The molecule has 3 aromatic rings. The number of aromatic nitrogens is 3. The van der Waals surface area contributed by atoms with Crippen LogP contribution < -0.4 is 11.1 Å². The third-order valence-corrected chi connectivity index (χ3v) is 5.53. The molecule has 4 rings (SSSR count). The lowest BCUT2D eigenvalue weighted by Gasteiger charge is -2.20. The van der Waals surface area contributed by atoms with Crippen molar-refractivity contribution in [2.24, 2.45) is 0 Å². The molecule has 2 amide bonds. The van der Waals surface area contributed by atoms with Gasteiger partial charge in [0.2, 0.25) is 0 Å². The van der Waals surface area contributed by atoms with Crippen LogP contribution in [0.5, 0.6) is 0 Å². The number of rotatable bonds is 5. The molecule has 3 N–H and O–H groups in total. The maximum atomic E-state index is 12.8. The summed E-state index contributed by atoms with van der Waals surface area (Å²) in [6, 6.07) is 12.7. The van der Waals surface area contributed by atoms with Gasteiger partial charge in [0.05, 0.1) is 11.9 Å². The van der Waals surface area contributed by atoms with Crippen LogP contribution in [0.2, 0.25) is 0 Å². The van der Waals surface area contributed by atoms with E-state index in [1.54, 1.807) is 48.7 Å². The zero-order chi connectivity index (χ0) is 22.7. The van der Waals surface area contributed by atoms with Gasteiger partial charge in [-0.1, -0.05) is 18.2 Å². The van der Waals surface area contributed by atoms with E-state index in [1.165, 1.54) is 6.20 Å². The van der Waals surface area contributed by atoms with Crippen LogP contribution >= 0.6 is 0 Å². The average Bonchev–Trinajstić information content (AvgIpc) is 3.30. The molecule has 164 valence electrons. The Morgan fingerprint density at radius 1 is 1.12 bits per heavy atom. The molecule has 3 heterocycles. The maximum Gasteiger partial charge on any atom is 0.279 e. The quantitative estimate of drug-likeness (QED) is 0.636. The molecule has 1 atom stereocenters. The highest BCUT2D eigenvalue weighted by molar-refractivity contribution is 6.05. The predicted octanol–water partition coefficient (Wildman–Crippen LogP) is 2.15. The van der Waals surface area contributed by atoms with E-state index < -0.39 is 5.91 Å². The van der Waals surface area contributed by atoms with Gasteiger partial charge < -0.3 is 20.9 Å². The highest BCUT2D eigenvalue weighted by Crippen LogP contribution is 2.22. The van der Waals surface area contributed by atoms with Crippen molar-refractivity contribution in [1.82, 2.24) is 24.8 Å². The van der Waals surface area contributed by atoms with E-state index >= 15 is 0 Å². The monoisotopic (exact) mass is 431 g/mol.